The molecule has 1 unspecified atom stereocenters. The molecule has 2 aromatic rings. The first kappa shape index (κ1) is 15.1. The Kier molecular flexibility index (Phi) is 4.22. The van der Waals surface area contributed by atoms with Crippen LogP contribution in [0.15, 0.2) is 41.7 Å². The van der Waals surface area contributed by atoms with Gasteiger partial charge in [-0.05, 0) is 12.5 Å². The second-order valence-corrected chi connectivity index (χ2v) is 6.78. The maximum Gasteiger partial charge on any atom is 0.309 e. The smallest absolute Gasteiger partial charge is 0.309 e. The highest BCUT2D eigenvalue weighted by molar-refractivity contribution is 7.99. The van der Waals surface area contributed by atoms with Crippen LogP contribution >= 0.6 is 11.8 Å². The van der Waals surface area contributed by atoms with Crippen LogP contribution < -0.4 is 0 Å². The summed E-state index contributed by atoms with van der Waals surface area (Å²) in [6, 6.07) is 9.96. The number of hydrogen-bond donors (Lipinski definition) is 2. The van der Waals surface area contributed by atoms with E-state index in [1.807, 2.05) is 30.3 Å². The zero-order chi connectivity index (χ0) is 15.6. The molecule has 1 aliphatic rings. The van der Waals surface area contributed by atoms with Crippen LogP contribution in [0, 0.1) is 0 Å². The number of hydrogen-bond acceptors (Lipinski definition) is 5. The molecule has 1 saturated heterocycles. The third kappa shape index (κ3) is 3.69. The number of nitrogens with one attached hydrogen (secondary N) is 1. The lowest BCUT2D eigenvalue weighted by Crippen LogP contribution is -2.41. The molecule has 3 rings (SSSR count). The number of ether oxygens (including phenoxy) is 1. The van der Waals surface area contributed by atoms with Crippen molar-refractivity contribution in [1.82, 2.24) is 9.97 Å². The fourth-order valence-corrected chi connectivity index (χ4v) is 3.39. The number of benzene rings is 1. The summed E-state index contributed by atoms with van der Waals surface area (Å²) in [6.07, 6.45) is 2.03. The molecule has 0 amide bonds. The lowest BCUT2D eigenvalue weighted by atomic mass is 9.93. The molecule has 116 valence electrons. The van der Waals surface area contributed by atoms with Crippen molar-refractivity contribution in [2.75, 3.05) is 5.75 Å². The van der Waals surface area contributed by atoms with Gasteiger partial charge in [-0.2, -0.15) is 0 Å². The van der Waals surface area contributed by atoms with Crippen molar-refractivity contribution in [2.24, 2.45) is 0 Å². The lowest BCUT2D eigenvalue weighted by Gasteiger charge is -2.32. The first-order valence-electron chi connectivity index (χ1n) is 7.17. The predicted molar refractivity (Wildman–Crippen MR) is 84.5 cm³/mol. The van der Waals surface area contributed by atoms with Crippen molar-refractivity contribution >= 4 is 17.7 Å². The summed E-state index contributed by atoms with van der Waals surface area (Å²) in [7, 11) is 0. The zero-order valence-electron chi connectivity index (χ0n) is 12.3. The van der Waals surface area contributed by atoms with Gasteiger partial charge in [-0.1, -0.05) is 42.1 Å². The second-order valence-electron chi connectivity index (χ2n) is 5.77. The fourth-order valence-electron chi connectivity index (χ4n) is 2.55. The number of aromatic amines is 1. The Morgan fingerprint density at radius 1 is 1.45 bits per heavy atom. The van der Waals surface area contributed by atoms with E-state index in [0.717, 1.165) is 16.4 Å². The maximum absolute atomic E-state index is 11.5. The summed E-state index contributed by atoms with van der Waals surface area (Å²) in [5, 5.41) is 10.8. The lowest BCUT2D eigenvalue weighted by molar-refractivity contribution is -0.165. The van der Waals surface area contributed by atoms with E-state index in [4.69, 9.17) is 4.74 Å². The molecule has 0 spiro atoms. The van der Waals surface area contributed by atoms with Gasteiger partial charge >= 0.3 is 5.97 Å². The predicted octanol–water partition coefficient (Wildman–Crippen LogP) is 2.63. The fraction of sp³-hybridized carbons (Fsp3) is 0.375. The molecule has 5 nitrogen and oxygen atoms in total. The molecular weight excluding hydrogens is 300 g/mol. The third-order valence-electron chi connectivity index (χ3n) is 3.53. The Labute approximate surface area is 133 Å². The number of rotatable bonds is 4. The molecule has 2 heterocycles. The molecule has 1 aromatic carbocycles. The molecule has 0 bridgehead atoms. The van der Waals surface area contributed by atoms with E-state index in [1.165, 1.54) is 11.8 Å². The summed E-state index contributed by atoms with van der Waals surface area (Å²) in [6.45, 7) is 1.67. The SMILES string of the molecule is C[C@@]1(O)CC(=O)OC(CSc2ncc(-c3ccccc3)[nH]2)C1. The molecule has 6 heteroatoms. The van der Waals surface area contributed by atoms with Gasteiger partial charge in [0, 0.05) is 12.2 Å². The normalized spacial score (nSPS) is 25.0. The number of aromatic nitrogens is 2. The van der Waals surface area contributed by atoms with Crippen LogP contribution in [0.3, 0.4) is 0 Å². The molecule has 2 N–H and O–H groups in total. The number of thioether (sulfide) groups is 1. The topological polar surface area (TPSA) is 75.2 Å². The number of carbonyl (C=O) groups is 1. The summed E-state index contributed by atoms with van der Waals surface area (Å²) in [5.74, 6) is 0.232. The molecule has 1 fully saturated rings. The van der Waals surface area contributed by atoms with Gasteiger partial charge in [-0.25, -0.2) is 4.98 Å². The van der Waals surface area contributed by atoms with Crippen molar-refractivity contribution in [3.05, 3.63) is 36.5 Å². The highest BCUT2D eigenvalue weighted by atomic mass is 32.2. The Morgan fingerprint density at radius 2 is 2.23 bits per heavy atom. The molecule has 1 aliphatic heterocycles. The first-order valence-corrected chi connectivity index (χ1v) is 8.15. The highest BCUT2D eigenvalue weighted by Gasteiger charge is 2.36. The minimum absolute atomic E-state index is 0.0626. The molecule has 0 aliphatic carbocycles. The van der Waals surface area contributed by atoms with Gasteiger partial charge in [0.15, 0.2) is 5.16 Å². The first-order chi connectivity index (χ1) is 10.5. The number of esters is 1. The Hall–Kier alpha value is -1.79. The standard InChI is InChI=1S/C16H18N2O3S/c1-16(20)7-12(21-14(19)8-16)10-22-15-17-9-13(18-15)11-5-3-2-4-6-11/h2-6,9,12,20H,7-8,10H2,1H3,(H,17,18)/t12?,16-/m0/s1. The van der Waals surface area contributed by atoms with E-state index in [-0.39, 0.29) is 18.5 Å². The van der Waals surface area contributed by atoms with Gasteiger partial charge in [-0.3, -0.25) is 4.79 Å². The largest absolute Gasteiger partial charge is 0.461 e. The second kappa shape index (κ2) is 6.14. The van der Waals surface area contributed by atoms with Crippen LogP contribution in [0.5, 0.6) is 0 Å². The number of carbonyl (C=O) groups excluding carboxylic acids is 1. The summed E-state index contributed by atoms with van der Waals surface area (Å²) in [4.78, 5) is 19.1. The number of nitrogens with zero attached hydrogens (tertiary/aromatic N) is 1. The zero-order valence-corrected chi connectivity index (χ0v) is 13.1. The van der Waals surface area contributed by atoms with Crippen LogP contribution in [0.2, 0.25) is 0 Å². The Bertz CT molecular complexity index is 654. The molecule has 0 radical (unpaired) electrons. The quantitative estimate of drug-likeness (QED) is 0.669. The average Bonchev–Trinajstić information content (AvgIpc) is 2.93. The molecule has 1 aromatic heterocycles. The maximum atomic E-state index is 11.5. The highest BCUT2D eigenvalue weighted by Crippen LogP contribution is 2.29. The number of H-pyrrole nitrogens is 1. The monoisotopic (exact) mass is 318 g/mol. The average molecular weight is 318 g/mol. The van der Waals surface area contributed by atoms with E-state index in [1.54, 1.807) is 13.1 Å². The van der Waals surface area contributed by atoms with Gasteiger partial charge in [0.05, 0.1) is 23.9 Å². The van der Waals surface area contributed by atoms with Gasteiger partial charge in [0.25, 0.3) is 0 Å². The van der Waals surface area contributed by atoms with Crippen molar-refractivity contribution in [3.8, 4) is 11.3 Å². The number of aliphatic hydroxyl groups is 1. The van der Waals surface area contributed by atoms with Crippen LogP contribution in [-0.4, -0.2) is 38.5 Å². The van der Waals surface area contributed by atoms with E-state index in [2.05, 4.69) is 9.97 Å². The molecule has 0 saturated carbocycles. The van der Waals surface area contributed by atoms with Crippen molar-refractivity contribution in [3.63, 3.8) is 0 Å². The number of cyclic esters (lactones) is 1. The van der Waals surface area contributed by atoms with Gasteiger partial charge in [-0.15, -0.1) is 0 Å². The molecule has 22 heavy (non-hydrogen) atoms. The van der Waals surface area contributed by atoms with E-state index in [0.29, 0.717) is 12.2 Å². The van der Waals surface area contributed by atoms with E-state index in [9.17, 15) is 9.90 Å². The van der Waals surface area contributed by atoms with Crippen LogP contribution in [0.4, 0.5) is 0 Å². The van der Waals surface area contributed by atoms with Crippen LogP contribution in [0.25, 0.3) is 11.3 Å². The Morgan fingerprint density at radius 3 is 2.95 bits per heavy atom. The van der Waals surface area contributed by atoms with Crippen molar-refractivity contribution in [1.29, 1.82) is 0 Å². The van der Waals surface area contributed by atoms with E-state index >= 15 is 0 Å². The number of imidazole rings is 1. The van der Waals surface area contributed by atoms with Gasteiger partial charge in [0.1, 0.15) is 6.10 Å². The summed E-state index contributed by atoms with van der Waals surface area (Å²) >= 11 is 1.49. The van der Waals surface area contributed by atoms with Crippen molar-refractivity contribution < 1.29 is 14.6 Å². The van der Waals surface area contributed by atoms with Crippen molar-refractivity contribution in [2.45, 2.75) is 36.6 Å². The third-order valence-corrected chi connectivity index (χ3v) is 4.55. The molecular formula is C16H18N2O3S. The van der Waals surface area contributed by atoms with Gasteiger partial charge in [0.2, 0.25) is 0 Å². The minimum Gasteiger partial charge on any atom is -0.461 e. The van der Waals surface area contributed by atoms with Crippen LogP contribution in [-0.2, 0) is 9.53 Å². The minimum atomic E-state index is -0.973. The van der Waals surface area contributed by atoms with Crippen LogP contribution in [0.1, 0.15) is 19.8 Å². The molecule has 2 atom stereocenters. The van der Waals surface area contributed by atoms with Gasteiger partial charge < -0.3 is 14.8 Å². The van der Waals surface area contributed by atoms with E-state index < -0.39 is 5.60 Å². The summed E-state index contributed by atoms with van der Waals surface area (Å²) in [5.41, 5.74) is 1.06. The summed E-state index contributed by atoms with van der Waals surface area (Å²) < 4.78 is 5.27. The Balaban J connectivity index is 1.60.